The van der Waals surface area contributed by atoms with Crippen molar-refractivity contribution in [3.8, 4) is 0 Å². The van der Waals surface area contributed by atoms with E-state index in [0.29, 0.717) is 13.2 Å². The summed E-state index contributed by atoms with van der Waals surface area (Å²) < 4.78 is 5.13. The van der Waals surface area contributed by atoms with Crippen molar-refractivity contribution in [3.63, 3.8) is 0 Å². The van der Waals surface area contributed by atoms with Gasteiger partial charge in [0.15, 0.2) is 0 Å². The number of hydrogen-bond donors (Lipinski definition) is 0. The third-order valence-corrected chi connectivity index (χ3v) is 3.25. The lowest BCUT2D eigenvalue weighted by atomic mass is 10.1. The third kappa shape index (κ3) is 5.21. The van der Waals surface area contributed by atoms with Crippen LogP contribution in [-0.4, -0.2) is 30.6 Å². The normalized spacial score (nSPS) is 12.5. The molecule has 19 heavy (non-hydrogen) atoms. The van der Waals surface area contributed by atoms with E-state index < -0.39 is 0 Å². The van der Waals surface area contributed by atoms with E-state index in [9.17, 15) is 4.79 Å². The van der Waals surface area contributed by atoms with Crippen LogP contribution < -0.4 is 0 Å². The van der Waals surface area contributed by atoms with Gasteiger partial charge in [-0.05, 0) is 38.1 Å². The molecule has 1 aromatic carbocycles. The average Bonchev–Trinajstić information content (AvgIpc) is 2.38. The quantitative estimate of drug-likeness (QED) is 0.717. The summed E-state index contributed by atoms with van der Waals surface area (Å²) >= 11 is 5.86. The minimum Gasteiger partial charge on any atom is -0.465 e. The fourth-order valence-corrected chi connectivity index (χ4v) is 2.14. The molecule has 0 radical (unpaired) electrons. The highest BCUT2D eigenvalue weighted by Gasteiger charge is 2.23. The number of carbonyl (C=O) groups is 1. The maximum Gasteiger partial charge on any atom is 0.323 e. The molecule has 0 N–H and O–H groups in total. The smallest absolute Gasteiger partial charge is 0.323 e. The van der Waals surface area contributed by atoms with E-state index in [0.717, 1.165) is 23.4 Å². The monoisotopic (exact) mass is 283 g/mol. The van der Waals surface area contributed by atoms with Crippen LogP contribution in [0.4, 0.5) is 0 Å². The fraction of sp³-hybridized carbons (Fsp3) is 0.533. The first-order valence-electron chi connectivity index (χ1n) is 6.69. The molecule has 3 nitrogen and oxygen atoms in total. The first-order valence-corrected chi connectivity index (χ1v) is 7.07. The van der Waals surface area contributed by atoms with E-state index in [1.807, 2.05) is 43.1 Å². The van der Waals surface area contributed by atoms with Crippen molar-refractivity contribution >= 4 is 17.6 Å². The van der Waals surface area contributed by atoms with E-state index in [1.165, 1.54) is 0 Å². The summed E-state index contributed by atoms with van der Waals surface area (Å²) in [7, 11) is 1.95. The highest BCUT2D eigenvalue weighted by molar-refractivity contribution is 6.30. The summed E-state index contributed by atoms with van der Waals surface area (Å²) in [5, 5.41) is 0.724. The average molecular weight is 284 g/mol. The summed E-state index contributed by atoms with van der Waals surface area (Å²) in [6, 6.07) is 7.51. The molecular weight excluding hydrogens is 262 g/mol. The zero-order valence-electron chi connectivity index (χ0n) is 11.9. The zero-order valence-corrected chi connectivity index (χ0v) is 12.6. The number of likely N-dealkylation sites (N-methyl/N-ethyl adjacent to an activating group) is 1. The van der Waals surface area contributed by atoms with Crippen LogP contribution in [0.15, 0.2) is 24.3 Å². The van der Waals surface area contributed by atoms with Gasteiger partial charge in [-0.15, -0.1) is 0 Å². The van der Waals surface area contributed by atoms with Gasteiger partial charge in [0.1, 0.15) is 6.04 Å². The Morgan fingerprint density at radius 2 is 1.95 bits per heavy atom. The lowest BCUT2D eigenvalue weighted by molar-refractivity contribution is -0.149. The highest BCUT2D eigenvalue weighted by Crippen LogP contribution is 2.14. The van der Waals surface area contributed by atoms with Crippen LogP contribution in [0.25, 0.3) is 0 Å². The molecule has 106 valence electrons. The molecule has 1 atom stereocenters. The number of ether oxygens (including phenoxy) is 1. The van der Waals surface area contributed by atoms with Gasteiger partial charge in [0.2, 0.25) is 0 Å². The van der Waals surface area contributed by atoms with Crippen LogP contribution >= 0.6 is 11.6 Å². The first-order chi connectivity index (χ1) is 9.08. The zero-order chi connectivity index (χ0) is 14.3. The standard InChI is InChI=1S/C15H22ClNO2/c1-4-6-14(15(18)19-5-2)17(3)11-12-7-9-13(16)10-8-12/h7-10,14H,4-6,11H2,1-3H3. The second kappa shape index (κ2) is 8.18. The van der Waals surface area contributed by atoms with Crippen molar-refractivity contribution in [2.75, 3.05) is 13.7 Å². The van der Waals surface area contributed by atoms with Gasteiger partial charge in [0, 0.05) is 11.6 Å². The van der Waals surface area contributed by atoms with E-state index in [1.54, 1.807) is 0 Å². The van der Waals surface area contributed by atoms with Gasteiger partial charge in [-0.3, -0.25) is 9.69 Å². The van der Waals surface area contributed by atoms with Crippen molar-refractivity contribution in [3.05, 3.63) is 34.9 Å². The van der Waals surface area contributed by atoms with Crippen molar-refractivity contribution in [2.24, 2.45) is 0 Å². The van der Waals surface area contributed by atoms with Gasteiger partial charge >= 0.3 is 5.97 Å². The van der Waals surface area contributed by atoms with E-state index in [4.69, 9.17) is 16.3 Å². The Balaban J connectivity index is 2.68. The Labute approximate surface area is 120 Å². The van der Waals surface area contributed by atoms with Crippen molar-refractivity contribution in [1.29, 1.82) is 0 Å². The van der Waals surface area contributed by atoms with Crippen LogP contribution in [0.3, 0.4) is 0 Å². The van der Waals surface area contributed by atoms with Crippen LogP contribution in [0.1, 0.15) is 32.3 Å². The largest absolute Gasteiger partial charge is 0.465 e. The van der Waals surface area contributed by atoms with Crippen molar-refractivity contribution in [2.45, 2.75) is 39.3 Å². The van der Waals surface area contributed by atoms with Gasteiger partial charge in [0.25, 0.3) is 0 Å². The van der Waals surface area contributed by atoms with Gasteiger partial charge in [-0.2, -0.15) is 0 Å². The lowest BCUT2D eigenvalue weighted by Gasteiger charge is -2.26. The molecule has 0 saturated carbocycles. The Morgan fingerprint density at radius 3 is 2.47 bits per heavy atom. The predicted molar refractivity (Wildman–Crippen MR) is 78.2 cm³/mol. The molecule has 1 aromatic rings. The Kier molecular flexibility index (Phi) is 6.89. The molecule has 0 saturated heterocycles. The second-order valence-electron chi connectivity index (χ2n) is 4.60. The van der Waals surface area contributed by atoms with Gasteiger partial charge in [0.05, 0.1) is 6.61 Å². The summed E-state index contributed by atoms with van der Waals surface area (Å²) in [6.07, 6.45) is 1.76. The Hall–Kier alpha value is -1.06. The van der Waals surface area contributed by atoms with Crippen LogP contribution in [0.2, 0.25) is 5.02 Å². The van der Waals surface area contributed by atoms with E-state index in [2.05, 4.69) is 6.92 Å². The molecule has 0 aliphatic rings. The first kappa shape index (κ1) is 16.0. The molecule has 0 aliphatic carbocycles. The number of halogens is 1. The van der Waals surface area contributed by atoms with E-state index in [-0.39, 0.29) is 12.0 Å². The molecule has 4 heteroatoms. The van der Waals surface area contributed by atoms with Gasteiger partial charge < -0.3 is 4.74 Å². The van der Waals surface area contributed by atoms with Crippen LogP contribution in [0.5, 0.6) is 0 Å². The number of carbonyl (C=O) groups excluding carboxylic acids is 1. The molecule has 1 unspecified atom stereocenters. The third-order valence-electron chi connectivity index (χ3n) is 3.00. The van der Waals surface area contributed by atoms with Crippen LogP contribution in [-0.2, 0) is 16.1 Å². The molecule has 0 aliphatic heterocycles. The molecule has 0 fully saturated rings. The number of hydrogen-bond acceptors (Lipinski definition) is 3. The van der Waals surface area contributed by atoms with Crippen molar-refractivity contribution < 1.29 is 9.53 Å². The summed E-state index contributed by atoms with van der Waals surface area (Å²) in [5.74, 6) is -0.138. The molecule has 0 bridgehead atoms. The van der Waals surface area contributed by atoms with Crippen molar-refractivity contribution in [1.82, 2.24) is 4.90 Å². The summed E-state index contributed by atoms with van der Waals surface area (Å²) in [6.45, 7) is 5.04. The maximum atomic E-state index is 11.9. The van der Waals surface area contributed by atoms with Gasteiger partial charge in [-0.1, -0.05) is 37.1 Å². The Bertz CT molecular complexity index is 392. The maximum absolute atomic E-state index is 11.9. The highest BCUT2D eigenvalue weighted by atomic mass is 35.5. The lowest BCUT2D eigenvalue weighted by Crippen LogP contribution is -2.39. The predicted octanol–water partition coefficient (Wildman–Crippen LogP) is 3.50. The number of benzene rings is 1. The summed E-state index contributed by atoms with van der Waals surface area (Å²) in [5.41, 5.74) is 1.14. The SMILES string of the molecule is CCCC(C(=O)OCC)N(C)Cc1ccc(Cl)cc1. The minimum absolute atomic E-state index is 0.138. The molecule has 0 amide bonds. The number of rotatable bonds is 7. The molecule has 0 aromatic heterocycles. The molecular formula is C15H22ClNO2. The Morgan fingerprint density at radius 1 is 1.32 bits per heavy atom. The molecule has 0 spiro atoms. The molecule has 1 rings (SSSR count). The van der Waals surface area contributed by atoms with Crippen LogP contribution in [0, 0.1) is 0 Å². The topological polar surface area (TPSA) is 29.5 Å². The minimum atomic E-state index is -0.180. The second-order valence-corrected chi connectivity index (χ2v) is 5.03. The van der Waals surface area contributed by atoms with Gasteiger partial charge in [-0.25, -0.2) is 0 Å². The number of nitrogens with zero attached hydrogens (tertiary/aromatic N) is 1. The fourth-order valence-electron chi connectivity index (χ4n) is 2.02. The molecule has 0 heterocycles. The number of esters is 1. The van der Waals surface area contributed by atoms with E-state index >= 15 is 0 Å². The summed E-state index contributed by atoms with van der Waals surface area (Å²) in [4.78, 5) is 14.0.